The standard InChI is InChI=1S/C24H30N2O3/c1-3-17-25-22(11-7-10-20-12-14-21(29-2)15-13-20)23(27)26(24(25)28)18-16-19-8-5-4-6-9-19/h4-6,8-9,12-15,22H,3,7,10-11,16-18H2,1-2H3. The molecule has 5 heteroatoms. The van der Waals surface area contributed by atoms with E-state index in [0.29, 0.717) is 25.9 Å². The largest absolute Gasteiger partial charge is 0.497 e. The van der Waals surface area contributed by atoms with Crippen molar-refractivity contribution < 1.29 is 14.3 Å². The van der Waals surface area contributed by atoms with Gasteiger partial charge in [0.2, 0.25) is 0 Å². The minimum Gasteiger partial charge on any atom is -0.497 e. The summed E-state index contributed by atoms with van der Waals surface area (Å²) in [6.45, 7) is 3.11. The summed E-state index contributed by atoms with van der Waals surface area (Å²) < 4.78 is 5.19. The monoisotopic (exact) mass is 394 g/mol. The fourth-order valence-electron chi connectivity index (χ4n) is 3.85. The topological polar surface area (TPSA) is 49.9 Å². The number of methoxy groups -OCH3 is 1. The molecule has 29 heavy (non-hydrogen) atoms. The maximum absolute atomic E-state index is 13.0. The van der Waals surface area contributed by atoms with Gasteiger partial charge in [-0.2, -0.15) is 0 Å². The van der Waals surface area contributed by atoms with Crippen LogP contribution < -0.4 is 4.74 Å². The molecule has 1 aliphatic heterocycles. The Morgan fingerprint density at radius 3 is 2.24 bits per heavy atom. The third kappa shape index (κ3) is 5.17. The molecule has 0 bridgehead atoms. The van der Waals surface area contributed by atoms with E-state index in [1.165, 1.54) is 10.5 Å². The second-order valence-corrected chi connectivity index (χ2v) is 7.46. The van der Waals surface area contributed by atoms with Gasteiger partial charge in [-0.1, -0.05) is 49.4 Å². The molecule has 0 aromatic heterocycles. The Bertz CT molecular complexity index is 805. The third-order valence-corrected chi connectivity index (χ3v) is 5.44. The highest BCUT2D eigenvalue weighted by Gasteiger charge is 2.43. The Hall–Kier alpha value is -2.82. The van der Waals surface area contributed by atoms with Gasteiger partial charge >= 0.3 is 6.03 Å². The Morgan fingerprint density at radius 1 is 0.897 bits per heavy atom. The molecule has 1 saturated heterocycles. The molecule has 1 heterocycles. The molecule has 1 fully saturated rings. The number of hydrogen-bond acceptors (Lipinski definition) is 3. The van der Waals surface area contributed by atoms with E-state index in [1.807, 2.05) is 49.4 Å². The van der Waals surface area contributed by atoms with Gasteiger partial charge in [0.05, 0.1) is 7.11 Å². The summed E-state index contributed by atoms with van der Waals surface area (Å²) >= 11 is 0. The van der Waals surface area contributed by atoms with E-state index >= 15 is 0 Å². The fourth-order valence-corrected chi connectivity index (χ4v) is 3.85. The molecule has 3 amide bonds. The number of benzene rings is 2. The minimum atomic E-state index is -0.337. The van der Waals surface area contributed by atoms with Crippen LogP contribution in [0.15, 0.2) is 54.6 Å². The van der Waals surface area contributed by atoms with Crippen molar-refractivity contribution in [2.45, 2.75) is 45.1 Å². The Kier molecular flexibility index (Phi) is 7.28. The van der Waals surface area contributed by atoms with E-state index in [1.54, 1.807) is 12.0 Å². The lowest BCUT2D eigenvalue weighted by Crippen LogP contribution is -2.36. The molecule has 2 aromatic rings. The first-order chi connectivity index (χ1) is 14.1. The summed E-state index contributed by atoms with van der Waals surface area (Å²) in [5.74, 6) is 0.794. The van der Waals surface area contributed by atoms with E-state index in [2.05, 4.69) is 12.1 Å². The summed E-state index contributed by atoms with van der Waals surface area (Å²) in [6.07, 6.45) is 3.98. The Labute approximate surface area is 173 Å². The van der Waals surface area contributed by atoms with Gasteiger partial charge in [-0.25, -0.2) is 4.79 Å². The number of nitrogens with zero attached hydrogens (tertiary/aromatic N) is 2. The highest BCUT2D eigenvalue weighted by molar-refractivity contribution is 6.04. The molecule has 0 radical (unpaired) electrons. The molecule has 1 aliphatic rings. The third-order valence-electron chi connectivity index (χ3n) is 5.44. The smallest absolute Gasteiger partial charge is 0.327 e. The predicted molar refractivity (Wildman–Crippen MR) is 114 cm³/mol. The van der Waals surface area contributed by atoms with Gasteiger partial charge in [0, 0.05) is 13.1 Å². The van der Waals surface area contributed by atoms with Crippen molar-refractivity contribution in [3.63, 3.8) is 0 Å². The molecule has 0 spiro atoms. The molecule has 154 valence electrons. The zero-order chi connectivity index (χ0) is 20.6. The van der Waals surface area contributed by atoms with Crippen LogP contribution in [0.5, 0.6) is 5.75 Å². The van der Waals surface area contributed by atoms with Crippen LogP contribution >= 0.6 is 0 Å². The van der Waals surface area contributed by atoms with E-state index < -0.39 is 0 Å². The maximum Gasteiger partial charge on any atom is 0.327 e. The first-order valence-electron chi connectivity index (χ1n) is 10.4. The number of imide groups is 1. The normalized spacial score (nSPS) is 16.6. The van der Waals surface area contributed by atoms with Gasteiger partial charge in [-0.15, -0.1) is 0 Å². The van der Waals surface area contributed by atoms with Gasteiger partial charge in [0.1, 0.15) is 11.8 Å². The first kappa shape index (κ1) is 20.9. The number of hydrogen-bond donors (Lipinski definition) is 0. The first-order valence-corrected chi connectivity index (χ1v) is 10.4. The lowest BCUT2D eigenvalue weighted by Gasteiger charge is -2.21. The molecule has 3 rings (SSSR count). The van der Waals surface area contributed by atoms with Gasteiger partial charge in [-0.05, 0) is 55.4 Å². The van der Waals surface area contributed by atoms with Crippen molar-refractivity contribution in [3.05, 3.63) is 65.7 Å². The molecule has 1 atom stereocenters. The summed E-state index contributed by atoms with van der Waals surface area (Å²) in [6, 6.07) is 17.5. The van der Waals surface area contributed by atoms with Crippen LogP contribution in [0.4, 0.5) is 4.79 Å². The summed E-state index contributed by atoms with van der Waals surface area (Å²) in [5.41, 5.74) is 2.35. The van der Waals surface area contributed by atoms with Crippen molar-refractivity contribution in [3.8, 4) is 5.75 Å². The van der Waals surface area contributed by atoms with Crippen LogP contribution in [-0.2, 0) is 17.6 Å². The molecule has 0 saturated carbocycles. The van der Waals surface area contributed by atoms with Crippen molar-refractivity contribution in [2.24, 2.45) is 0 Å². The average molecular weight is 395 g/mol. The summed E-state index contributed by atoms with van der Waals surface area (Å²) in [5, 5.41) is 0. The zero-order valence-electron chi connectivity index (χ0n) is 17.3. The highest BCUT2D eigenvalue weighted by atomic mass is 16.5. The molecular weight excluding hydrogens is 364 g/mol. The van der Waals surface area contributed by atoms with E-state index in [-0.39, 0.29) is 18.0 Å². The van der Waals surface area contributed by atoms with Gasteiger partial charge in [0.15, 0.2) is 0 Å². The number of carbonyl (C=O) groups is 2. The summed E-state index contributed by atoms with van der Waals surface area (Å²) in [7, 11) is 1.66. The molecule has 2 aromatic carbocycles. The lowest BCUT2D eigenvalue weighted by molar-refractivity contribution is -0.128. The van der Waals surface area contributed by atoms with Crippen molar-refractivity contribution >= 4 is 11.9 Å². The maximum atomic E-state index is 13.0. The predicted octanol–water partition coefficient (Wildman–Crippen LogP) is 4.30. The Balaban J connectivity index is 1.59. The Morgan fingerprint density at radius 2 is 1.59 bits per heavy atom. The average Bonchev–Trinajstić information content (AvgIpc) is 2.97. The molecule has 0 aliphatic carbocycles. The second kappa shape index (κ2) is 10.1. The number of amides is 3. The van der Waals surface area contributed by atoms with Crippen molar-refractivity contribution in [1.29, 1.82) is 0 Å². The van der Waals surface area contributed by atoms with Gasteiger partial charge < -0.3 is 9.64 Å². The van der Waals surface area contributed by atoms with Crippen LogP contribution in [0.2, 0.25) is 0 Å². The minimum absolute atomic E-state index is 0.0471. The van der Waals surface area contributed by atoms with E-state index in [4.69, 9.17) is 4.74 Å². The zero-order valence-corrected chi connectivity index (χ0v) is 17.3. The number of aryl methyl sites for hydroxylation is 1. The van der Waals surface area contributed by atoms with Crippen LogP contribution in [-0.4, -0.2) is 48.0 Å². The van der Waals surface area contributed by atoms with Crippen LogP contribution in [0.1, 0.15) is 37.3 Å². The number of rotatable bonds is 10. The van der Waals surface area contributed by atoms with Crippen molar-refractivity contribution in [2.75, 3.05) is 20.2 Å². The van der Waals surface area contributed by atoms with Gasteiger partial charge in [0.25, 0.3) is 5.91 Å². The SMILES string of the molecule is CCCN1C(=O)N(CCc2ccccc2)C(=O)C1CCCc1ccc(OC)cc1. The second-order valence-electron chi connectivity index (χ2n) is 7.46. The van der Waals surface area contributed by atoms with Crippen molar-refractivity contribution in [1.82, 2.24) is 9.80 Å². The highest BCUT2D eigenvalue weighted by Crippen LogP contribution is 2.23. The molecule has 0 N–H and O–H groups in total. The van der Waals surface area contributed by atoms with Crippen LogP contribution in [0, 0.1) is 0 Å². The number of urea groups is 1. The quantitative estimate of drug-likeness (QED) is 0.565. The van der Waals surface area contributed by atoms with Gasteiger partial charge in [-0.3, -0.25) is 9.69 Å². The van der Waals surface area contributed by atoms with Crippen LogP contribution in [0.25, 0.3) is 0 Å². The van der Waals surface area contributed by atoms with E-state index in [9.17, 15) is 9.59 Å². The number of carbonyl (C=O) groups excluding carboxylic acids is 2. The summed E-state index contributed by atoms with van der Waals surface area (Å²) in [4.78, 5) is 29.1. The lowest BCUT2D eigenvalue weighted by atomic mass is 10.0. The van der Waals surface area contributed by atoms with Crippen LogP contribution in [0.3, 0.4) is 0 Å². The fraction of sp³-hybridized carbons (Fsp3) is 0.417. The molecular formula is C24H30N2O3. The molecule has 1 unspecified atom stereocenters. The number of ether oxygens (including phenoxy) is 1. The van der Waals surface area contributed by atoms with E-state index in [0.717, 1.165) is 30.6 Å². The molecule has 5 nitrogen and oxygen atoms in total.